The summed E-state index contributed by atoms with van der Waals surface area (Å²) in [6, 6.07) is 19.4. The number of ether oxygens (including phenoxy) is 2. The molecule has 0 radical (unpaired) electrons. The van der Waals surface area contributed by atoms with E-state index in [1.807, 2.05) is 12.1 Å². The molecule has 3 aromatic rings. The fourth-order valence-corrected chi connectivity index (χ4v) is 2.98. The summed E-state index contributed by atoms with van der Waals surface area (Å²) in [5.41, 5.74) is 14.9. The second-order valence-electron chi connectivity index (χ2n) is 6.60. The van der Waals surface area contributed by atoms with Gasteiger partial charge in [-0.3, -0.25) is 10.8 Å². The van der Waals surface area contributed by atoms with Crippen LogP contribution in [0.3, 0.4) is 0 Å². The molecular formula is C23H22N4O3. The second-order valence-corrected chi connectivity index (χ2v) is 6.60. The summed E-state index contributed by atoms with van der Waals surface area (Å²) >= 11 is 0. The van der Waals surface area contributed by atoms with Gasteiger partial charge in [0, 0.05) is 11.1 Å². The molecule has 152 valence electrons. The van der Waals surface area contributed by atoms with Gasteiger partial charge in [0.1, 0.15) is 24.0 Å². The van der Waals surface area contributed by atoms with Crippen molar-refractivity contribution in [3.63, 3.8) is 0 Å². The Balaban J connectivity index is 1.94. The Morgan fingerprint density at radius 1 is 0.900 bits per heavy atom. The number of hydrogen-bond acceptors (Lipinski definition) is 5. The van der Waals surface area contributed by atoms with Gasteiger partial charge in [-0.15, -0.1) is 0 Å². The Hall–Kier alpha value is -4.13. The molecule has 0 saturated heterocycles. The number of nitrogens with one attached hydrogen (secondary N) is 2. The SMILES string of the molecule is COC(=O)c1ccc(COc2cccc(C(=N)N)c2)cc1-c1cccc(C(=N)N)c1. The largest absolute Gasteiger partial charge is 0.489 e. The van der Waals surface area contributed by atoms with E-state index in [4.69, 9.17) is 31.8 Å². The maximum absolute atomic E-state index is 12.3. The molecule has 3 rings (SSSR count). The van der Waals surface area contributed by atoms with Crippen molar-refractivity contribution >= 4 is 17.6 Å². The van der Waals surface area contributed by atoms with Gasteiger partial charge < -0.3 is 20.9 Å². The highest BCUT2D eigenvalue weighted by Gasteiger charge is 2.15. The van der Waals surface area contributed by atoms with Gasteiger partial charge in [-0.1, -0.05) is 36.4 Å². The molecule has 6 N–H and O–H groups in total. The minimum Gasteiger partial charge on any atom is -0.489 e. The fourth-order valence-electron chi connectivity index (χ4n) is 2.98. The number of amidine groups is 2. The highest BCUT2D eigenvalue weighted by atomic mass is 16.5. The predicted octanol–water partition coefficient (Wildman–Crippen LogP) is 3.29. The molecule has 3 aromatic carbocycles. The topological polar surface area (TPSA) is 135 Å². The third kappa shape index (κ3) is 4.64. The van der Waals surface area contributed by atoms with Crippen molar-refractivity contribution < 1.29 is 14.3 Å². The van der Waals surface area contributed by atoms with E-state index in [1.165, 1.54) is 7.11 Å². The lowest BCUT2D eigenvalue weighted by Gasteiger charge is -2.13. The molecule has 0 saturated carbocycles. The molecule has 0 fully saturated rings. The average molecular weight is 402 g/mol. The third-order valence-electron chi connectivity index (χ3n) is 4.52. The van der Waals surface area contributed by atoms with Gasteiger partial charge >= 0.3 is 5.97 Å². The van der Waals surface area contributed by atoms with E-state index in [9.17, 15) is 4.79 Å². The summed E-state index contributed by atoms with van der Waals surface area (Å²) in [6.07, 6.45) is 0. The monoisotopic (exact) mass is 402 g/mol. The molecule has 0 unspecified atom stereocenters. The zero-order valence-corrected chi connectivity index (χ0v) is 16.4. The minimum atomic E-state index is -0.458. The van der Waals surface area contributed by atoms with Crippen molar-refractivity contribution in [2.24, 2.45) is 11.5 Å². The Labute approximate surface area is 174 Å². The lowest BCUT2D eigenvalue weighted by atomic mass is 9.96. The minimum absolute atomic E-state index is 0.0319. The van der Waals surface area contributed by atoms with Crippen LogP contribution in [0.2, 0.25) is 0 Å². The van der Waals surface area contributed by atoms with E-state index in [-0.39, 0.29) is 18.3 Å². The maximum Gasteiger partial charge on any atom is 0.338 e. The van der Waals surface area contributed by atoms with Crippen LogP contribution in [-0.2, 0) is 11.3 Å². The van der Waals surface area contributed by atoms with Gasteiger partial charge in [0.25, 0.3) is 0 Å². The normalized spacial score (nSPS) is 10.3. The quantitative estimate of drug-likeness (QED) is 0.273. The van der Waals surface area contributed by atoms with Crippen molar-refractivity contribution in [2.75, 3.05) is 7.11 Å². The molecule has 0 aromatic heterocycles. The zero-order valence-electron chi connectivity index (χ0n) is 16.4. The molecule has 0 aliphatic heterocycles. The number of carbonyl (C=O) groups excluding carboxylic acids is 1. The van der Waals surface area contributed by atoms with Crippen LogP contribution in [0.25, 0.3) is 11.1 Å². The summed E-state index contributed by atoms with van der Waals surface area (Å²) < 4.78 is 10.8. The summed E-state index contributed by atoms with van der Waals surface area (Å²) in [4.78, 5) is 12.3. The molecule has 7 nitrogen and oxygen atoms in total. The second kappa shape index (κ2) is 8.91. The molecule has 0 bridgehead atoms. The third-order valence-corrected chi connectivity index (χ3v) is 4.52. The molecule has 0 atom stereocenters. The van der Waals surface area contributed by atoms with Crippen molar-refractivity contribution in [3.05, 3.63) is 89.0 Å². The van der Waals surface area contributed by atoms with Gasteiger partial charge in [-0.2, -0.15) is 0 Å². The smallest absolute Gasteiger partial charge is 0.338 e. The number of methoxy groups -OCH3 is 1. The molecule has 0 heterocycles. The van der Waals surface area contributed by atoms with Crippen LogP contribution in [0, 0.1) is 10.8 Å². The maximum atomic E-state index is 12.3. The number of nitrogens with two attached hydrogens (primary N) is 2. The number of rotatable bonds is 7. The number of carbonyl (C=O) groups is 1. The highest BCUT2D eigenvalue weighted by molar-refractivity contribution is 6.00. The first-order chi connectivity index (χ1) is 14.4. The van der Waals surface area contributed by atoms with Gasteiger partial charge in [-0.25, -0.2) is 4.79 Å². The molecule has 0 spiro atoms. The van der Waals surface area contributed by atoms with Crippen molar-refractivity contribution in [1.82, 2.24) is 0 Å². The molecular weight excluding hydrogens is 380 g/mol. The van der Waals surface area contributed by atoms with E-state index in [0.717, 1.165) is 11.1 Å². The van der Waals surface area contributed by atoms with Gasteiger partial charge in [0.2, 0.25) is 0 Å². The summed E-state index contributed by atoms with van der Waals surface area (Å²) in [5.74, 6) is 0.0385. The van der Waals surface area contributed by atoms with E-state index in [1.54, 1.807) is 54.6 Å². The van der Waals surface area contributed by atoms with Crippen LogP contribution in [0.4, 0.5) is 0 Å². The lowest BCUT2D eigenvalue weighted by Crippen LogP contribution is -2.11. The zero-order chi connectivity index (χ0) is 21.7. The fraction of sp³-hybridized carbons (Fsp3) is 0.0870. The highest BCUT2D eigenvalue weighted by Crippen LogP contribution is 2.27. The lowest BCUT2D eigenvalue weighted by molar-refractivity contribution is 0.0601. The number of hydrogen-bond donors (Lipinski definition) is 4. The molecule has 30 heavy (non-hydrogen) atoms. The first-order valence-corrected chi connectivity index (χ1v) is 9.12. The van der Waals surface area contributed by atoms with Gasteiger partial charge in [0.05, 0.1) is 12.7 Å². The Kier molecular flexibility index (Phi) is 6.12. The van der Waals surface area contributed by atoms with E-state index < -0.39 is 5.97 Å². The first-order valence-electron chi connectivity index (χ1n) is 9.12. The molecule has 0 amide bonds. The summed E-state index contributed by atoms with van der Waals surface area (Å²) in [7, 11) is 1.33. The van der Waals surface area contributed by atoms with E-state index >= 15 is 0 Å². The van der Waals surface area contributed by atoms with Gasteiger partial charge in [0.15, 0.2) is 0 Å². The number of esters is 1. The van der Waals surface area contributed by atoms with Crippen LogP contribution in [-0.4, -0.2) is 24.8 Å². The Morgan fingerprint density at radius 2 is 1.57 bits per heavy atom. The first kappa shape index (κ1) is 20.6. The summed E-state index contributed by atoms with van der Waals surface area (Å²) in [6.45, 7) is 0.252. The van der Waals surface area contributed by atoms with Crippen LogP contribution in [0.5, 0.6) is 5.75 Å². The van der Waals surface area contributed by atoms with E-state index in [0.29, 0.717) is 28.0 Å². The molecule has 0 aliphatic rings. The van der Waals surface area contributed by atoms with Crippen LogP contribution in [0.1, 0.15) is 27.0 Å². The predicted molar refractivity (Wildman–Crippen MR) is 116 cm³/mol. The Morgan fingerprint density at radius 3 is 2.23 bits per heavy atom. The van der Waals surface area contributed by atoms with E-state index in [2.05, 4.69) is 0 Å². The van der Waals surface area contributed by atoms with Gasteiger partial charge in [-0.05, 0) is 47.0 Å². The van der Waals surface area contributed by atoms with Crippen molar-refractivity contribution in [1.29, 1.82) is 10.8 Å². The average Bonchev–Trinajstić information content (AvgIpc) is 2.77. The van der Waals surface area contributed by atoms with Crippen molar-refractivity contribution in [2.45, 2.75) is 6.61 Å². The molecule has 7 heteroatoms. The number of benzene rings is 3. The van der Waals surface area contributed by atoms with Crippen molar-refractivity contribution in [3.8, 4) is 16.9 Å². The number of nitrogen functional groups attached to an aromatic ring is 2. The standard InChI is InChI=1S/C23H22N4O3/c1-29-23(28)19-9-8-14(13-30-18-7-3-6-17(12-18)22(26)27)10-20(19)15-4-2-5-16(11-15)21(24)25/h2-12H,13H2,1H3,(H3,24,25)(H3,26,27). The van der Waals surface area contributed by atoms with Crippen LogP contribution >= 0.6 is 0 Å². The van der Waals surface area contributed by atoms with Crippen LogP contribution in [0.15, 0.2) is 66.7 Å². The molecule has 0 aliphatic carbocycles. The van der Waals surface area contributed by atoms with Crippen LogP contribution < -0.4 is 16.2 Å². The summed E-state index contributed by atoms with van der Waals surface area (Å²) in [5, 5.41) is 15.2. The Bertz CT molecular complexity index is 1120.